The molecule has 2 aliphatic rings. The van der Waals surface area contributed by atoms with Crippen molar-refractivity contribution in [3.8, 4) is 6.07 Å². The van der Waals surface area contributed by atoms with Crippen molar-refractivity contribution in [2.75, 3.05) is 64.7 Å². The van der Waals surface area contributed by atoms with Gasteiger partial charge < -0.3 is 48.1 Å². The third-order valence-electron chi connectivity index (χ3n) is 9.45. The quantitative estimate of drug-likeness (QED) is 0.0571. The number of hydrogen-bond donors (Lipinski definition) is 1. The fourth-order valence-corrected chi connectivity index (χ4v) is 6.82. The van der Waals surface area contributed by atoms with Crippen LogP contribution in [0.3, 0.4) is 0 Å². The van der Waals surface area contributed by atoms with Crippen LogP contribution in [0, 0.1) is 11.3 Å². The number of methoxy groups -OCH3 is 1. The second kappa shape index (κ2) is 22.6. The molecule has 2 aromatic carbocycles. The SMILES string of the molecule is COC1OC(Cn2cc(COCCOCCOCCNC(=O)C(C#N)=Cc3ccc4cc(N5CCCCC5)ccc4c3)nn2)C(OC(C)=O)C(OC(C)=O)C1OC(C)=O. The summed E-state index contributed by atoms with van der Waals surface area (Å²) in [6.07, 6.45) is 1.28. The van der Waals surface area contributed by atoms with Crippen LogP contribution in [-0.2, 0) is 70.2 Å². The van der Waals surface area contributed by atoms with Crippen LogP contribution in [0.15, 0.2) is 48.2 Å². The van der Waals surface area contributed by atoms with E-state index in [2.05, 4.69) is 38.7 Å². The van der Waals surface area contributed by atoms with E-state index < -0.39 is 54.5 Å². The molecule has 2 saturated heterocycles. The molecule has 1 N–H and O–H groups in total. The molecular weight excluding hydrogens is 768 g/mol. The van der Waals surface area contributed by atoms with Crippen LogP contribution in [0.2, 0.25) is 0 Å². The summed E-state index contributed by atoms with van der Waals surface area (Å²) >= 11 is 0. The highest BCUT2D eigenvalue weighted by Gasteiger charge is 2.52. The van der Waals surface area contributed by atoms with Gasteiger partial charge in [-0.05, 0) is 59.9 Å². The summed E-state index contributed by atoms with van der Waals surface area (Å²) in [5.74, 6) is -2.49. The Kier molecular flexibility index (Phi) is 17.1. The fraction of sp³-hybridized carbons (Fsp3) is 0.537. The summed E-state index contributed by atoms with van der Waals surface area (Å²) in [4.78, 5) is 50.9. The highest BCUT2D eigenvalue weighted by molar-refractivity contribution is 6.02. The van der Waals surface area contributed by atoms with Crippen molar-refractivity contribution < 1.29 is 57.1 Å². The van der Waals surface area contributed by atoms with Gasteiger partial charge in [-0.15, -0.1) is 5.10 Å². The molecule has 1 aromatic heterocycles. The molecule has 5 unspecified atom stereocenters. The van der Waals surface area contributed by atoms with E-state index in [9.17, 15) is 24.4 Å². The van der Waals surface area contributed by atoms with Gasteiger partial charge in [0.2, 0.25) is 0 Å². The fourth-order valence-electron chi connectivity index (χ4n) is 6.82. The zero-order chi connectivity index (χ0) is 42.1. The van der Waals surface area contributed by atoms with Gasteiger partial charge in [-0.3, -0.25) is 19.2 Å². The number of ether oxygens (including phenoxy) is 8. The number of nitrogens with zero attached hydrogens (tertiary/aromatic N) is 5. The number of nitriles is 1. The molecule has 5 rings (SSSR count). The maximum atomic E-state index is 12.7. The van der Waals surface area contributed by atoms with Gasteiger partial charge in [0, 0.05) is 53.2 Å². The van der Waals surface area contributed by atoms with E-state index in [1.165, 1.54) is 57.5 Å². The number of carbonyl (C=O) groups excluding carboxylic acids is 4. The smallest absolute Gasteiger partial charge is 0.303 e. The van der Waals surface area contributed by atoms with E-state index in [0.717, 1.165) is 29.4 Å². The summed E-state index contributed by atoms with van der Waals surface area (Å²) < 4.78 is 45.8. The molecule has 3 heterocycles. The van der Waals surface area contributed by atoms with E-state index in [-0.39, 0.29) is 38.5 Å². The molecule has 0 aliphatic carbocycles. The van der Waals surface area contributed by atoms with Crippen LogP contribution >= 0.6 is 0 Å². The van der Waals surface area contributed by atoms with Gasteiger partial charge in [0.25, 0.3) is 5.91 Å². The lowest BCUT2D eigenvalue weighted by atomic mass is 9.97. The maximum Gasteiger partial charge on any atom is 0.303 e. The Morgan fingerprint density at radius 1 is 0.847 bits per heavy atom. The molecule has 18 nitrogen and oxygen atoms in total. The van der Waals surface area contributed by atoms with Crippen LogP contribution < -0.4 is 10.2 Å². The topological polar surface area (TPSA) is 212 Å². The van der Waals surface area contributed by atoms with Crippen molar-refractivity contribution in [2.24, 2.45) is 0 Å². The number of esters is 3. The summed E-state index contributed by atoms with van der Waals surface area (Å²) in [5.41, 5.74) is 2.51. The molecule has 0 bridgehead atoms. The average Bonchev–Trinajstić information content (AvgIpc) is 3.67. The number of rotatable bonds is 20. The number of nitrogens with one attached hydrogen (secondary N) is 1. The van der Waals surface area contributed by atoms with E-state index in [4.69, 9.17) is 37.9 Å². The molecule has 18 heteroatoms. The van der Waals surface area contributed by atoms with E-state index in [1.807, 2.05) is 24.3 Å². The number of aromatic nitrogens is 3. The van der Waals surface area contributed by atoms with Gasteiger partial charge in [-0.25, -0.2) is 4.68 Å². The number of carbonyl (C=O) groups is 4. The maximum absolute atomic E-state index is 12.7. The molecular formula is C41H52N6O12. The predicted octanol–water partition coefficient (Wildman–Crippen LogP) is 2.86. The summed E-state index contributed by atoms with van der Waals surface area (Å²) in [7, 11) is 1.34. The molecule has 1 amide bonds. The van der Waals surface area contributed by atoms with Gasteiger partial charge in [-0.2, -0.15) is 5.26 Å². The Hall–Kier alpha value is -5.45. The number of piperidine rings is 1. The first kappa shape index (κ1) is 44.6. The average molecular weight is 821 g/mol. The van der Waals surface area contributed by atoms with Crippen molar-refractivity contribution in [1.82, 2.24) is 20.3 Å². The van der Waals surface area contributed by atoms with Crippen LogP contribution in [0.25, 0.3) is 16.8 Å². The van der Waals surface area contributed by atoms with Gasteiger partial charge in [-0.1, -0.05) is 23.4 Å². The van der Waals surface area contributed by atoms with Crippen molar-refractivity contribution in [3.63, 3.8) is 0 Å². The predicted molar refractivity (Wildman–Crippen MR) is 210 cm³/mol. The summed E-state index contributed by atoms with van der Waals surface area (Å²) in [6.45, 7) is 7.47. The third-order valence-corrected chi connectivity index (χ3v) is 9.45. The zero-order valence-corrected chi connectivity index (χ0v) is 33.8. The van der Waals surface area contributed by atoms with Crippen molar-refractivity contribution in [3.05, 3.63) is 59.4 Å². The largest absolute Gasteiger partial charge is 0.456 e. The standard InChI is InChI=1S/C41H52N6O12/c1-27(48)56-37-36(59-41(52-4)39(58-29(3)50)38(37)57-28(2)49)25-47-24-34(44-45-47)26-55-19-18-54-17-16-53-15-12-43-40(51)33(23-42)21-30-8-9-32-22-35(11-10-31(32)20-30)46-13-6-5-7-14-46/h8-11,20-22,24,36-39,41H,5-7,12-19,25-26H2,1-4H3,(H,43,51). The highest BCUT2D eigenvalue weighted by atomic mass is 16.7. The molecule has 0 spiro atoms. The zero-order valence-electron chi connectivity index (χ0n) is 33.8. The normalized spacial score (nSPS) is 20.8. The number of amides is 1. The van der Waals surface area contributed by atoms with Gasteiger partial charge in [0.15, 0.2) is 24.6 Å². The summed E-state index contributed by atoms with van der Waals surface area (Å²) in [5, 5.41) is 22.7. The van der Waals surface area contributed by atoms with E-state index >= 15 is 0 Å². The number of hydrogen-bond acceptors (Lipinski definition) is 16. The Labute approximate surface area is 342 Å². The van der Waals surface area contributed by atoms with E-state index in [1.54, 1.807) is 12.3 Å². The van der Waals surface area contributed by atoms with Crippen LogP contribution in [0.1, 0.15) is 51.3 Å². The molecule has 0 saturated carbocycles. The van der Waals surface area contributed by atoms with Gasteiger partial charge in [0.1, 0.15) is 23.4 Å². The molecule has 2 aliphatic heterocycles. The Morgan fingerprint density at radius 3 is 2.19 bits per heavy atom. The molecule has 318 valence electrons. The van der Waals surface area contributed by atoms with Crippen LogP contribution in [0.4, 0.5) is 5.69 Å². The molecule has 2 fully saturated rings. The van der Waals surface area contributed by atoms with Gasteiger partial charge in [0.05, 0.1) is 52.4 Å². The highest BCUT2D eigenvalue weighted by Crippen LogP contribution is 2.30. The molecule has 59 heavy (non-hydrogen) atoms. The lowest BCUT2D eigenvalue weighted by Crippen LogP contribution is -2.62. The Bertz CT molecular complexity index is 1960. The van der Waals surface area contributed by atoms with Gasteiger partial charge >= 0.3 is 17.9 Å². The monoisotopic (exact) mass is 820 g/mol. The van der Waals surface area contributed by atoms with Crippen LogP contribution in [-0.4, -0.2) is 129 Å². The lowest BCUT2D eigenvalue weighted by Gasteiger charge is -2.43. The summed E-state index contributed by atoms with van der Waals surface area (Å²) in [6, 6.07) is 14.3. The van der Waals surface area contributed by atoms with Crippen molar-refractivity contribution >= 4 is 46.4 Å². The lowest BCUT2D eigenvalue weighted by molar-refractivity contribution is -0.300. The minimum Gasteiger partial charge on any atom is -0.456 e. The van der Waals surface area contributed by atoms with E-state index in [0.29, 0.717) is 25.5 Å². The molecule has 0 radical (unpaired) electrons. The second-order valence-electron chi connectivity index (χ2n) is 14.0. The second-order valence-corrected chi connectivity index (χ2v) is 14.0. The van der Waals surface area contributed by atoms with Crippen LogP contribution in [0.5, 0.6) is 0 Å². The number of benzene rings is 2. The molecule has 5 atom stereocenters. The first-order valence-electron chi connectivity index (χ1n) is 19.6. The first-order valence-corrected chi connectivity index (χ1v) is 19.6. The minimum atomic E-state index is -1.22. The number of fused-ring (bicyclic) bond motifs is 1. The Balaban J connectivity index is 0.969. The Morgan fingerprint density at radius 2 is 1.49 bits per heavy atom. The third kappa shape index (κ3) is 13.5. The number of anilines is 1. The first-order chi connectivity index (χ1) is 28.5. The van der Waals surface area contributed by atoms with Crippen molar-refractivity contribution in [1.29, 1.82) is 5.26 Å². The molecule has 3 aromatic rings. The minimum absolute atomic E-state index is 0.0107. The van der Waals surface area contributed by atoms with Crippen molar-refractivity contribution in [2.45, 2.75) is 83.9 Å².